The molecule has 32 heavy (non-hydrogen) atoms. The molecule has 0 radical (unpaired) electrons. The van der Waals surface area contributed by atoms with Crippen molar-refractivity contribution >= 4 is 17.0 Å². The Morgan fingerprint density at radius 2 is 2.00 bits per heavy atom. The van der Waals surface area contributed by atoms with Crippen LogP contribution >= 0.6 is 0 Å². The van der Waals surface area contributed by atoms with Gasteiger partial charge in [-0.1, -0.05) is 43.7 Å². The van der Waals surface area contributed by atoms with E-state index in [9.17, 15) is 9.59 Å². The fraction of sp³-hybridized carbons (Fsp3) is 0.480. The average molecular weight is 437 g/mol. The molecule has 170 valence electrons. The molecule has 3 heterocycles. The summed E-state index contributed by atoms with van der Waals surface area (Å²) in [4.78, 5) is 32.7. The monoisotopic (exact) mass is 436 g/mol. The van der Waals surface area contributed by atoms with E-state index in [2.05, 4.69) is 46.4 Å². The topological polar surface area (TPSA) is 80.4 Å². The Hall–Kier alpha value is -2.93. The van der Waals surface area contributed by atoms with Gasteiger partial charge in [0.1, 0.15) is 17.5 Å². The molecule has 1 aliphatic heterocycles. The second-order valence-corrected chi connectivity index (χ2v) is 9.39. The molecule has 0 aliphatic carbocycles. The highest BCUT2D eigenvalue weighted by Crippen LogP contribution is 2.22. The van der Waals surface area contributed by atoms with Crippen LogP contribution in [-0.4, -0.2) is 40.0 Å². The maximum atomic E-state index is 13.0. The van der Waals surface area contributed by atoms with E-state index in [4.69, 9.17) is 4.42 Å². The molecule has 1 amide bonds. The summed E-state index contributed by atoms with van der Waals surface area (Å²) in [5.74, 6) is 0.845. The van der Waals surface area contributed by atoms with Crippen molar-refractivity contribution in [1.29, 1.82) is 0 Å². The van der Waals surface area contributed by atoms with E-state index in [-0.39, 0.29) is 22.6 Å². The van der Waals surface area contributed by atoms with Crippen LogP contribution in [0.5, 0.6) is 0 Å². The number of aromatic nitrogens is 2. The third-order valence-corrected chi connectivity index (χ3v) is 6.09. The smallest absolute Gasteiger partial charge is 0.265 e. The molecule has 1 atom stereocenters. The lowest BCUT2D eigenvalue weighted by atomic mass is 10.1. The van der Waals surface area contributed by atoms with Crippen LogP contribution in [0.15, 0.2) is 39.8 Å². The van der Waals surface area contributed by atoms with Gasteiger partial charge in [0, 0.05) is 26.2 Å². The van der Waals surface area contributed by atoms with E-state index in [1.165, 1.54) is 17.5 Å². The number of nitrogens with zero attached hydrogens (tertiary/aromatic N) is 3. The zero-order valence-electron chi connectivity index (χ0n) is 19.4. The van der Waals surface area contributed by atoms with Crippen LogP contribution in [0.1, 0.15) is 47.5 Å². The number of nitrogens with one attached hydrogen (secondary N) is 1. The molecule has 1 saturated heterocycles. The van der Waals surface area contributed by atoms with Gasteiger partial charge < -0.3 is 9.73 Å². The van der Waals surface area contributed by atoms with Crippen molar-refractivity contribution in [2.75, 3.05) is 19.6 Å². The first-order chi connectivity index (χ1) is 15.3. The number of hydrogen-bond acceptors (Lipinski definition) is 5. The molecular formula is C25H32N4O3. The first-order valence-corrected chi connectivity index (χ1v) is 11.4. The third-order valence-electron chi connectivity index (χ3n) is 6.09. The van der Waals surface area contributed by atoms with Crippen molar-refractivity contribution in [3.8, 4) is 0 Å². The molecule has 7 heteroatoms. The summed E-state index contributed by atoms with van der Waals surface area (Å²) in [7, 11) is 0. The summed E-state index contributed by atoms with van der Waals surface area (Å²) in [6.45, 7) is 11.9. The minimum atomic E-state index is -0.264. The predicted octanol–water partition coefficient (Wildman–Crippen LogP) is 3.51. The number of amides is 1. The second kappa shape index (κ2) is 9.28. The quantitative estimate of drug-likeness (QED) is 0.613. The Bertz CT molecular complexity index is 1160. The fourth-order valence-electron chi connectivity index (χ4n) is 4.43. The molecular weight excluding hydrogens is 404 g/mol. The molecule has 1 fully saturated rings. The minimum absolute atomic E-state index is 0.225. The molecule has 1 aromatic carbocycles. The highest BCUT2D eigenvalue weighted by Gasteiger charge is 2.26. The molecule has 1 aliphatic rings. The van der Waals surface area contributed by atoms with Crippen molar-refractivity contribution in [2.45, 2.75) is 47.2 Å². The zero-order chi connectivity index (χ0) is 22.8. The summed E-state index contributed by atoms with van der Waals surface area (Å²) in [6, 6.07) is 8.64. The molecule has 0 spiro atoms. The SMILES string of the molecule is Cc1ccc(CN2CC[C@H](CNC(=O)c3c(C)oc4ncn(CC(C)C)c(=O)c34)C2)cc1. The Labute approximate surface area is 188 Å². The van der Waals surface area contributed by atoms with E-state index >= 15 is 0 Å². The fourth-order valence-corrected chi connectivity index (χ4v) is 4.43. The van der Waals surface area contributed by atoms with Crippen LogP contribution in [0.25, 0.3) is 11.1 Å². The minimum Gasteiger partial charge on any atom is -0.442 e. The molecule has 0 unspecified atom stereocenters. The van der Waals surface area contributed by atoms with Crippen LogP contribution in [-0.2, 0) is 13.1 Å². The van der Waals surface area contributed by atoms with Crippen molar-refractivity contribution in [3.05, 3.63) is 63.4 Å². The summed E-state index contributed by atoms with van der Waals surface area (Å²) in [5, 5.41) is 3.31. The van der Waals surface area contributed by atoms with Gasteiger partial charge in [-0.3, -0.25) is 19.1 Å². The van der Waals surface area contributed by atoms with Gasteiger partial charge in [0.25, 0.3) is 11.5 Å². The van der Waals surface area contributed by atoms with E-state index in [1.807, 2.05) is 13.8 Å². The Morgan fingerprint density at radius 3 is 2.72 bits per heavy atom. The van der Waals surface area contributed by atoms with Gasteiger partial charge in [-0.2, -0.15) is 0 Å². The maximum absolute atomic E-state index is 13.0. The summed E-state index contributed by atoms with van der Waals surface area (Å²) in [5.41, 5.74) is 2.89. The average Bonchev–Trinajstić information content (AvgIpc) is 3.33. The number of likely N-dealkylation sites (tertiary alicyclic amines) is 1. The summed E-state index contributed by atoms with van der Waals surface area (Å²) >= 11 is 0. The number of carbonyl (C=O) groups is 1. The molecule has 4 rings (SSSR count). The Kier molecular flexibility index (Phi) is 6.46. The van der Waals surface area contributed by atoms with Crippen molar-refractivity contribution in [1.82, 2.24) is 19.8 Å². The molecule has 7 nitrogen and oxygen atoms in total. The van der Waals surface area contributed by atoms with Crippen LogP contribution < -0.4 is 10.9 Å². The first kappa shape index (κ1) is 22.3. The number of furan rings is 1. The number of benzene rings is 1. The number of carbonyl (C=O) groups excluding carboxylic acids is 1. The van der Waals surface area contributed by atoms with Gasteiger partial charge in [-0.25, -0.2) is 4.98 Å². The molecule has 0 saturated carbocycles. The lowest BCUT2D eigenvalue weighted by Crippen LogP contribution is -2.32. The van der Waals surface area contributed by atoms with Crippen LogP contribution in [0.2, 0.25) is 0 Å². The van der Waals surface area contributed by atoms with Gasteiger partial charge in [-0.05, 0) is 44.2 Å². The van der Waals surface area contributed by atoms with E-state index in [0.29, 0.717) is 36.2 Å². The lowest BCUT2D eigenvalue weighted by molar-refractivity contribution is 0.0947. The molecule has 2 aromatic heterocycles. The first-order valence-electron chi connectivity index (χ1n) is 11.4. The highest BCUT2D eigenvalue weighted by molar-refractivity contribution is 6.06. The van der Waals surface area contributed by atoms with Gasteiger partial charge >= 0.3 is 0 Å². The second-order valence-electron chi connectivity index (χ2n) is 9.39. The van der Waals surface area contributed by atoms with E-state index in [1.54, 1.807) is 11.5 Å². The standard InChI is InChI=1S/C25H32N4O3/c1-16(2)12-29-15-27-24-22(25(29)31)21(18(4)32-24)23(30)26-11-20-9-10-28(14-20)13-19-7-5-17(3)6-8-19/h5-8,15-16,20H,9-14H2,1-4H3,(H,26,30)/t20-/m1/s1. The van der Waals surface area contributed by atoms with Gasteiger partial charge in [0.2, 0.25) is 5.71 Å². The summed E-state index contributed by atoms with van der Waals surface area (Å²) < 4.78 is 7.19. The van der Waals surface area contributed by atoms with E-state index in [0.717, 1.165) is 26.1 Å². The Morgan fingerprint density at radius 1 is 1.25 bits per heavy atom. The largest absolute Gasteiger partial charge is 0.442 e. The van der Waals surface area contributed by atoms with Crippen molar-refractivity contribution in [3.63, 3.8) is 0 Å². The van der Waals surface area contributed by atoms with Crippen molar-refractivity contribution in [2.24, 2.45) is 11.8 Å². The van der Waals surface area contributed by atoms with Crippen LogP contribution in [0.4, 0.5) is 0 Å². The normalized spacial score (nSPS) is 16.8. The van der Waals surface area contributed by atoms with Crippen molar-refractivity contribution < 1.29 is 9.21 Å². The maximum Gasteiger partial charge on any atom is 0.265 e. The van der Waals surface area contributed by atoms with Crippen LogP contribution in [0, 0.1) is 25.7 Å². The zero-order valence-corrected chi connectivity index (χ0v) is 19.4. The molecule has 0 bridgehead atoms. The number of fused-ring (bicyclic) bond motifs is 1. The van der Waals surface area contributed by atoms with Gasteiger partial charge in [-0.15, -0.1) is 0 Å². The Balaban J connectivity index is 1.41. The summed E-state index contributed by atoms with van der Waals surface area (Å²) in [6.07, 6.45) is 2.54. The van der Waals surface area contributed by atoms with Crippen LogP contribution in [0.3, 0.4) is 0 Å². The number of hydrogen-bond donors (Lipinski definition) is 1. The number of aryl methyl sites for hydroxylation is 2. The number of rotatable bonds is 7. The highest BCUT2D eigenvalue weighted by atomic mass is 16.3. The lowest BCUT2D eigenvalue weighted by Gasteiger charge is -2.16. The van der Waals surface area contributed by atoms with E-state index < -0.39 is 0 Å². The molecule has 3 aromatic rings. The van der Waals surface area contributed by atoms with Gasteiger partial charge in [0.05, 0.1) is 5.56 Å². The van der Waals surface area contributed by atoms with Gasteiger partial charge in [0.15, 0.2) is 0 Å². The predicted molar refractivity (Wildman–Crippen MR) is 125 cm³/mol. The molecule has 1 N–H and O–H groups in total. The third kappa shape index (κ3) is 4.78.